The number of piperidine rings is 1. The molecule has 1 heterocycles. The van der Waals surface area contributed by atoms with Crippen molar-refractivity contribution in [1.29, 1.82) is 0 Å². The van der Waals surface area contributed by atoms with Crippen LogP contribution in [0.1, 0.15) is 44.6 Å². The number of ketones is 1. The first kappa shape index (κ1) is 17.5. The number of benzene rings is 1. The number of carbonyl (C=O) groups excluding carboxylic acids is 2. The third kappa shape index (κ3) is 5.38. The largest absolute Gasteiger partial charge is 0.494 e. The number of hydrogen-bond acceptors (Lipinski definition) is 3. The second kappa shape index (κ2) is 8.70. The summed E-state index contributed by atoms with van der Waals surface area (Å²) in [6, 6.07) is 7.93. The van der Waals surface area contributed by atoms with E-state index in [1.54, 1.807) is 0 Å². The predicted octanol–water partition coefficient (Wildman–Crippen LogP) is 3.37. The minimum atomic E-state index is 0.161. The molecule has 1 saturated heterocycles. The molecule has 1 fully saturated rings. The Morgan fingerprint density at radius 1 is 1.17 bits per heavy atom. The standard InChI is InChI=1S/C19H27NO3/c1-3-18(21)16-10-12-20(13-11-16)19(22)5-4-14-23-17-8-6-15(2)7-9-17/h6-9,16H,3-5,10-14H2,1-2H3. The Kier molecular flexibility index (Phi) is 6.63. The molecule has 126 valence electrons. The van der Waals surface area contributed by atoms with Gasteiger partial charge in [-0.1, -0.05) is 24.6 Å². The van der Waals surface area contributed by atoms with Crippen molar-refractivity contribution >= 4 is 11.7 Å². The zero-order valence-electron chi connectivity index (χ0n) is 14.2. The predicted molar refractivity (Wildman–Crippen MR) is 90.5 cm³/mol. The third-order valence-electron chi connectivity index (χ3n) is 4.48. The molecule has 1 aliphatic heterocycles. The molecule has 0 saturated carbocycles. The fourth-order valence-corrected chi connectivity index (χ4v) is 2.95. The first-order valence-corrected chi connectivity index (χ1v) is 8.60. The van der Waals surface area contributed by atoms with Gasteiger partial charge in [-0.3, -0.25) is 9.59 Å². The average Bonchev–Trinajstić information content (AvgIpc) is 2.59. The maximum Gasteiger partial charge on any atom is 0.222 e. The molecule has 23 heavy (non-hydrogen) atoms. The zero-order chi connectivity index (χ0) is 16.7. The fourth-order valence-electron chi connectivity index (χ4n) is 2.95. The molecule has 4 heteroatoms. The average molecular weight is 317 g/mol. The number of aryl methyl sites for hydroxylation is 1. The minimum Gasteiger partial charge on any atom is -0.494 e. The highest BCUT2D eigenvalue weighted by atomic mass is 16.5. The molecule has 0 aliphatic carbocycles. The van der Waals surface area contributed by atoms with Gasteiger partial charge >= 0.3 is 0 Å². The summed E-state index contributed by atoms with van der Waals surface area (Å²) in [4.78, 5) is 25.8. The zero-order valence-corrected chi connectivity index (χ0v) is 14.2. The molecule has 1 aliphatic rings. The van der Waals surface area contributed by atoms with Crippen LogP contribution in [0, 0.1) is 12.8 Å². The fraction of sp³-hybridized carbons (Fsp3) is 0.579. The molecule has 0 unspecified atom stereocenters. The van der Waals surface area contributed by atoms with Crippen LogP contribution in [0.5, 0.6) is 5.75 Å². The second-order valence-corrected chi connectivity index (χ2v) is 6.24. The van der Waals surface area contributed by atoms with E-state index in [1.165, 1.54) is 5.56 Å². The van der Waals surface area contributed by atoms with Gasteiger partial charge in [0.05, 0.1) is 6.61 Å². The van der Waals surface area contributed by atoms with Crippen LogP contribution < -0.4 is 4.74 Å². The van der Waals surface area contributed by atoms with Gasteiger partial charge in [0, 0.05) is 31.8 Å². The van der Waals surface area contributed by atoms with Gasteiger partial charge in [-0.15, -0.1) is 0 Å². The number of likely N-dealkylation sites (tertiary alicyclic amines) is 1. The van der Waals surface area contributed by atoms with Gasteiger partial charge in [0.25, 0.3) is 0 Å². The Morgan fingerprint density at radius 3 is 2.43 bits per heavy atom. The topological polar surface area (TPSA) is 46.6 Å². The molecule has 0 aromatic heterocycles. The lowest BCUT2D eigenvalue weighted by molar-refractivity contribution is -0.135. The van der Waals surface area contributed by atoms with Crippen molar-refractivity contribution in [3.63, 3.8) is 0 Å². The molecule has 1 aromatic rings. The van der Waals surface area contributed by atoms with Crippen LogP contribution in [-0.2, 0) is 9.59 Å². The summed E-state index contributed by atoms with van der Waals surface area (Å²) < 4.78 is 5.65. The Hall–Kier alpha value is -1.84. The van der Waals surface area contributed by atoms with Crippen molar-refractivity contribution in [3.8, 4) is 5.75 Å². The van der Waals surface area contributed by atoms with E-state index in [1.807, 2.05) is 43.0 Å². The van der Waals surface area contributed by atoms with E-state index in [4.69, 9.17) is 4.74 Å². The molecule has 2 rings (SSSR count). The highest BCUT2D eigenvalue weighted by Gasteiger charge is 2.25. The molecule has 0 N–H and O–H groups in total. The molecule has 4 nitrogen and oxygen atoms in total. The number of ether oxygens (including phenoxy) is 1. The number of carbonyl (C=O) groups is 2. The smallest absolute Gasteiger partial charge is 0.222 e. The monoisotopic (exact) mass is 317 g/mol. The van der Waals surface area contributed by atoms with Crippen LogP contribution in [0.3, 0.4) is 0 Å². The summed E-state index contributed by atoms with van der Waals surface area (Å²) in [6.07, 6.45) is 3.48. The van der Waals surface area contributed by atoms with Crippen LogP contribution in [0.4, 0.5) is 0 Å². The van der Waals surface area contributed by atoms with Gasteiger partial charge in [-0.25, -0.2) is 0 Å². The first-order valence-electron chi connectivity index (χ1n) is 8.60. The van der Waals surface area contributed by atoms with Crippen molar-refractivity contribution in [2.75, 3.05) is 19.7 Å². The van der Waals surface area contributed by atoms with Crippen molar-refractivity contribution in [2.24, 2.45) is 5.92 Å². The Morgan fingerprint density at radius 2 is 1.83 bits per heavy atom. The highest BCUT2D eigenvalue weighted by molar-refractivity contribution is 5.81. The molecule has 1 aromatic carbocycles. The van der Waals surface area contributed by atoms with Gasteiger partial charge in [0.2, 0.25) is 5.91 Å². The summed E-state index contributed by atoms with van der Waals surface area (Å²) in [7, 11) is 0. The van der Waals surface area contributed by atoms with E-state index in [2.05, 4.69) is 0 Å². The van der Waals surface area contributed by atoms with Gasteiger partial charge in [0.1, 0.15) is 11.5 Å². The Bertz CT molecular complexity index is 516. The molecule has 0 atom stereocenters. The van der Waals surface area contributed by atoms with E-state index >= 15 is 0 Å². The summed E-state index contributed by atoms with van der Waals surface area (Å²) >= 11 is 0. The van der Waals surface area contributed by atoms with Crippen LogP contribution in [0.25, 0.3) is 0 Å². The summed E-state index contributed by atoms with van der Waals surface area (Å²) in [5.41, 5.74) is 1.21. The number of nitrogens with zero attached hydrogens (tertiary/aromatic N) is 1. The van der Waals surface area contributed by atoms with E-state index < -0.39 is 0 Å². The second-order valence-electron chi connectivity index (χ2n) is 6.24. The number of Topliss-reactive ketones (excluding diaryl/α,β-unsaturated/α-hetero) is 1. The first-order chi connectivity index (χ1) is 11.1. The van der Waals surface area contributed by atoms with E-state index in [0.29, 0.717) is 38.3 Å². The Labute approximate surface area is 138 Å². The molecule has 0 radical (unpaired) electrons. The van der Waals surface area contributed by atoms with E-state index in [0.717, 1.165) is 25.0 Å². The maximum absolute atomic E-state index is 12.2. The number of rotatable bonds is 7. The van der Waals surface area contributed by atoms with E-state index in [-0.39, 0.29) is 11.8 Å². The third-order valence-corrected chi connectivity index (χ3v) is 4.48. The number of hydrogen-bond donors (Lipinski definition) is 0. The van der Waals surface area contributed by atoms with Gasteiger partial charge in [-0.2, -0.15) is 0 Å². The molecular formula is C19H27NO3. The molecular weight excluding hydrogens is 290 g/mol. The van der Waals surface area contributed by atoms with Crippen LogP contribution in [0.15, 0.2) is 24.3 Å². The van der Waals surface area contributed by atoms with Crippen molar-refractivity contribution in [2.45, 2.75) is 46.0 Å². The summed E-state index contributed by atoms with van der Waals surface area (Å²) in [6.45, 7) is 5.94. The quantitative estimate of drug-likeness (QED) is 0.724. The lowest BCUT2D eigenvalue weighted by atomic mass is 9.91. The Balaban J connectivity index is 1.64. The SMILES string of the molecule is CCC(=O)C1CCN(C(=O)CCCOc2ccc(C)cc2)CC1. The lowest BCUT2D eigenvalue weighted by Gasteiger charge is -2.31. The van der Waals surface area contributed by atoms with Crippen LogP contribution >= 0.6 is 0 Å². The summed E-state index contributed by atoms with van der Waals surface area (Å²) in [5, 5.41) is 0. The lowest BCUT2D eigenvalue weighted by Crippen LogP contribution is -2.40. The van der Waals surface area contributed by atoms with Crippen LogP contribution in [0.2, 0.25) is 0 Å². The molecule has 1 amide bonds. The normalized spacial score (nSPS) is 15.5. The molecule has 0 bridgehead atoms. The van der Waals surface area contributed by atoms with Gasteiger partial charge in [-0.05, 0) is 38.3 Å². The highest BCUT2D eigenvalue weighted by Crippen LogP contribution is 2.20. The maximum atomic E-state index is 12.2. The van der Waals surface area contributed by atoms with Crippen LogP contribution in [-0.4, -0.2) is 36.3 Å². The van der Waals surface area contributed by atoms with Crippen molar-refractivity contribution in [3.05, 3.63) is 29.8 Å². The minimum absolute atomic E-state index is 0.161. The van der Waals surface area contributed by atoms with Crippen molar-refractivity contribution < 1.29 is 14.3 Å². The number of amides is 1. The summed E-state index contributed by atoms with van der Waals surface area (Å²) in [5.74, 6) is 1.53. The van der Waals surface area contributed by atoms with Gasteiger partial charge in [0.15, 0.2) is 0 Å². The van der Waals surface area contributed by atoms with E-state index in [9.17, 15) is 9.59 Å². The molecule has 0 spiro atoms. The van der Waals surface area contributed by atoms with Crippen molar-refractivity contribution in [1.82, 2.24) is 4.90 Å². The van der Waals surface area contributed by atoms with Gasteiger partial charge < -0.3 is 9.64 Å².